The van der Waals surface area contributed by atoms with Crippen LogP contribution >= 0.6 is 23.8 Å². The average molecular weight is 471 g/mol. The molecule has 0 aliphatic carbocycles. The Bertz CT molecular complexity index is 1130. The van der Waals surface area contributed by atoms with Crippen molar-refractivity contribution >= 4 is 46.9 Å². The largest absolute Gasteiger partial charge is 0.463 e. The Hall–Kier alpha value is -3.16. The molecule has 8 heteroatoms. The molecule has 2 N–H and O–H groups in total. The van der Waals surface area contributed by atoms with Crippen LogP contribution in [0.25, 0.3) is 6.08 Å². The summed E-state index contributed by atoms with van der Waals surface area (Å²) in [5, 5.41) is 6.62. The van der Waals surface area contributed by atoms with Gasteiger partial charge in [-0.3, -0.25) is 0 Å². The number of thiocarbonyl (C=S) groups is 1. The van der Waals surface area contributed by atoms with Gasteiger partial charge in [-0.15, -0.1) is 0 Å². The van der Waals surface area contributed by atoms with Gasteiger partial charge in [0, 0.05) is 11.8 Å². The molecule has 1 aliphatic heterocycles. The molecular weight excluding hydrogens is 448 g/mol. The number of allylic oxidation sites excluding steroid dienone is 1. The third-order valence-electron chi connectivity index (χ3n) is 4.85. The van der Waals surface area contributed by atoms with Crippen molar-refractivity contribution in [2.45, 2.75) is 26.8 Å². The average Bonchev–Trinajstić information content (AvgIpc) is 2.74. The van der Waals surface area contributed by atoms with Crippen LogP contribution < -0.4 is 15.4 Å². The molecule has 0 fully saturated rings. The zero-order valence-corrected chi connectivity index (χ0v) is 19.5. The lowest BCUT2D eigenvalue weighted by Crippen LogP contribution is -2.45. The van der Waals surface area contributed by atoms with Crippen LogP contribution in [0.5, 0.6) is 5.75 Å². The Balaban J connectivity index is 1.80. The highest BCUT2D eigenvalue weighted by atomic mass is 35.5. The monoisotopic (exact) mass is 470 g/mol. The van der Waals surface area contributed by atoms with Gasteiger partial charge in [-0.1, -0.05) is 41.9 Å². The SMILES string of the molecule is CCOC(=O)C1=C(C)NC(=S)NC1c1ccc(OC(=O)/C=C/c2ccccc2C)c(Cl)c1. The van der Waals surface area contributed by atoms with Crippen molar-refractivity contribution < 1.29 is 19.1 Å². The van der Waals surface area contributed by atoms with E-state index >= 15 is 0 Å². The van der Waals surface area contributed by atoms with E-state index in [1.165, 1.54) is 6.08 Å². The molecule has 2 aromatic carbocycles. The van der Waals surface area contributed by atoms with E-state index in [2.05, 4.69) is 10.6 Å². The summed E-state index contributed by atoms with van der Waals surface area (Å²) >= 11 is 11.6. The number of halogens is 1. The number of aryl methyl sites for hydroxylation is 1. The molecule has 1 unspecified atom stereocenters. The first-order valence-corrected chi connectivity index (χ1v) is 10.8. The van der Waals surface area contributed by atoms with E-state index in [1.54, 1.807) is 38.1 Å². The molecule has 0 saturated heterocycles. The fraction of sp³-hybridized carbons (Fsp3) is 0.208. The van der Waals surface area contributed by atoms with E-state index in [1.807, 2.05) is 31.2 Å². The van der Waals surface area contributed by atoms with Crippen LogP contribution in [0.4, 0.5) is 0 Å². The van der Waals surface area contributed by atoms with Gasteiger partial charge < -0.3 is 20.1 Å². The second-order valence-electron chi connectivity index (χ2n) is 7.09. The van der Waals surface area contributed by atoms with Gasteiger partial charge in [-0.2, -0.15) is 0 Å². The van der Waals surface area contributed by atoms with Crippen molar-refractivity contribution in [2.75, 3.05) is 6.61 Å². The highest BCUT2D eigenvalue weighted by Crippen LogP contribution is 2.33. The number of carbonyl (C=O) groups excluding carboxylic acids is 2. The summed E-state index contributed by atoms with van der Waals surface area (Å²) in [5.41, 5.74) is 3.66. The second-order valence-corrected chi connectivity index (χ2v) is 7.91. The highest BCUT2D eigenvalue weighted by molar-refractivity contribution is 7.80. The number of nitrogens with one attached hydrogen (secondary N) is 2. The van der Waals surface area contributed by atoms with Gasteiger partial charge in [0.2, 0.25) is 0 Å². The van der Waals surface area contributed by atoms with Gasteiger partial charge in [0.05, 0.1) is 23.2 Å². The lowest BCUT2D eigenvalue weighted by atomic mass is 9.95. The first-order valence-electron chi connectivity index (χ1n) is 10.0. The zero-order valence-electron chi connectivity index (χ0n) is 17.9. The van der Waals surface area contributed by atoms with Crippen molar-refractivity contribution in [1.29, 1.82) is 0 Å². The second kappa shape index (κ2) is 10.4. The molecule has 0 saturated carbocycles. The van der Waals surface area contributed by atoms with Crippen LogP contribution in [-0.2, 0) is 14.3 Å². The molecule has 166 valence electrons. The van der Waals surface area contributed by atoms with Crippen molar-refractivity contribution in [2.24, 2.45) is 0 Å². The maximum atomic E-state index is 12.5. The van der Waals surface area contributed by atoms with Crippen LogP contribution in [0.1, 0.15) is 36.6 Å². The number of hydrogen-bond donors (Lipinski definition) is 2. The number of ether oxygens (including phenoxy) is 2. The quantitative estimate of drug-likeness (QED) is 0.276. The molecule has 32 heavy (non-hydrogen) atoms. The van der Waals surface area contributed by atoms with E-state index in [4.69, 9.17) is 33.3 Å². The molecule has 0 radical (unpaired) electrons. The van der Waals surface area contributed by atoms with Crippen molar-refractivity contribution in [3.63, 3.8) is 0 Å². The van der Waals surface area contributed by atoms with Crippen molar-refractivity contribution in [3.8, 4) is 5.75 Å². The highest BCUT2D eigenvalue weighted by Gasteiger charge is 2.31. The maximum Gasteiger partial charge on any atom is 0.338 e. The molecule has 0 aromatic heterocycles. The van der Waals surface area contributed by atoms with Crippen molar-refractivity contribution in [1.82, 2.24) is 10.6 Å². The van der Waals surface area contributed by atoms with Crippen LogP contribution in [-0.4, -0.2) is 23.7 Å². The predicted octanol–water partition coefficient (Wildman–Crippen LogP) is 4.62. The lowest BCUT2D eigenvalue weighted by molar-refractivity contribution is -0.139. The van der Waals surface area contributed by atoms with Gasteiger partial charge in [0.1, 0.15) is 5.75 Å². The molecule has 1 aliphatic rings. The topological polar surface area (TPSA) is 76.7 Å². The van der Waals surface area contributed by atoms with E-state index in [9.17, 15) is 9.59 Å². The van der Waals surface area contributed by atoms with Gasteiger partial charge >= 0.3 is 11.9 Å². The number of carbonyl (C=O) groups is 2. The van der Waals surface area contributed by atoms with Gasteiger partial charge in [0.15, 0.2) is 5.11 Å². The summed E-state index contributed by atoms with van der Waals surface area (Å²) in [4.78, 5) is 24.8. The Labute approximate surface area is 197 Å². The Kier molecular flexibility index (Phi) is 7.66. The fourth-order valence-corrected chi connectivity index (χ4v) is 3.78. The summed E-state index contributed by atoms with van der Waals surface area (Å²) in [7, 11) is 0. The first-order chi connectivity index (χ1) is 15.3. The minimum absolute atomic E-state index is 0.213. The minimum atomic E-state index is -0.550. The summed E-state index contributed by atoms with van der Waals surface area (Å²) in [6.45, 7) is 5.70. The summed E-state index contributed by atoms with van der Waals surface area (Å²) in [5.74, 6) is -0.790. The minimum Gasteiger partial charge on any atom is -0.463 e. The number of benzene rings is 2. The third-order valence-corrected chi connectivity index (χ3v) is 5.37. The molecular formula is C24H23ClN2O4S. The summed E-state index contributed by atoms with van der Waals surface area (Å²) < 4.78 is 10.6. The van der Waals surface area contributed by atoms with Crippen LogP contribution in [0.15, 0.2) is 59.8 Å². The van der Waals surface area contributed by atoms with E-state index in [-0.39, 0.29) is 17.4 Å². The van der Waals surface area contributed by atoms with Gasteiger partial charge in [0.25, 0.3) is 0 Å². The number of rotatable bonds is 6. The van der Waals surface area contributed by atoms with Gasteiger partial charge in [-0.25, -0.2) is 9.59 Å². The van der Waals surface area contributed by atoms with E-state index < -0.39 is 18.0 Å². The predicted molar refractivity (Wildman–Crippen MR) is 128 cm³/mol. The molecule has 1 atom stereocenters. The maximum absolute atomic E-state index is 12.5. The Morgan fingerprint density at radius 3 is 2.62 bits per heavy atom. The molecule has 0 amide bonds. The fourth-order valence-electron chi connectivity index (χ4n) is 3.28. The normalized spacial score (nSPS) is 15.9. The van der Waals surface area contributed by atoms with Crippen LogP contribution in [0.3, 0.4) is 0 Å². The molecule has 0 spiro atoms. The summed E-state index contributed by atoms with van der Waals surface area (Å²) in [6.07, 6.45) is 3.04. The van der Waals surface area contributed by atoms with E-state index in [0.29, 0.717) is 21.9 Å². The lowest BCUT2D eigenvalue weighted by Gasteiger charge is -2.30. The molecule has 0 bridgehead atoms. The van der Waals surface area contributed by atoms with Crippen LogP contribution in [0, 0.1) is 6.92 Å². The van der Waals surface area contributed by atoms with E-state index in [0.717, 1.165) is 11.1 Å². The summed E-state index contributed by atoms with van der Waals surface area (Å²) in [6, 6.07) is 12.1. The Morgan fingerprint density at radius 1 is 1.19 bits per heavy atom. The standard InChI is InChI=1S/C24H23ClN2O4S/c1-4-30-23(29)21-15(3)26-24(32)27-22(21)17-9-11-19(18(25)13-17)31-20(28)12-10-16-8-6-5-7-14(16)2/h5-13,22H,4H2,1-3H3,(H2,26,27,32)/b12-10+. The molecule has 3 rings (SSSR count). The van der Waals surface area contributed by atoms with Gasteiger partial charge in [-0.05, 0) is 67.9 Å². The molecule has 2 aromatic rings. The molecule has 6 nitrogen and oxygen atoms in total. The van der Waals surface area contributed by atoms with Crippen LogP contribution in [0.2, 0.25) is 5.02 Å². The smallest absolute Gasteiger partial charge is 0.338 e. The third kappa shape index (κ3) is 5.55. The number of esters is 2. The zero-order chi connectivity index (χ0) is 23.3. The Morgan fingerprint density at radius 2 is 1.94 bits per heavy atom. The van der Waals surface area contributed by atoms with Crippen molar-refractivity contribution in [3.05, 3.63) is 81.5 Å². The molecule has 1 heterocycles. The first kappa shape index (κ1) is 23.5. The number of hydrogen-bond acceptors (Lipinski definition) is 5.